The van der Waals surface area contributed by atoms with Crippen LogP contribution in [0.25, 0.3) is 0 Å². The average molecular weight is 306 g/mol. The smallest absolute Gasteiger partial charge is 0.153 e. The van der Waals surface area contributed by atoms with E-state index >= 15 is 0 Å². The van der Waals surface area contributed by atoms with Gasteiger partial charge in [0.1, 0.15) is 5.75 Å². The van der Waals surface area contributed by atoms with E-state index in [-0.39, 0.29) is 0 Å². The SMILES string of the molecule is C=COCCCOc1ccc(C#Cc2ccccc2)cc1C=O. The highest BCUT2D eigenvalue weighted by atomic mass is 16.5. The molecule has 0 spiro atoms. The molecule has 116 valence electrons. The number of carbonyl (C=O) groups is 1. The van der Waals surface area contributed by atoms with Crippen molar-refractivity contribution in [3.8, 4) is 17.6 Å². The molecule has 0 amide bonds. The minimum absolute atomic E-state index is 0.476. The molecular weight excluding hydrogens is 288 g/mol. The van der Waals surface area contributed by atoms with Crippen LogP contribution in [0.4, 0.5) is 0 Å². The van der Waals surface area contributed by atoms with Gasteiger partial charge in [-0.3, -0.25) is 4.79 Å². The molecular formula is C20H18O3. The lowest BCUT2D eigenvalue weighted by Gasteiger charge is -2.08. The number of hydrogen-bond acceptors (Lipinski definition) is 3. The molecule has 0 radical (unpaired) electrons. The summed E-state index contributed by atoms with van der Waals surface area (Å²) in [7, 11) is 0. The van der Waals surface area contributed by atoms with Crippen molar-refractivity contribution in [1.29, 1.82) is 0 Å². The molecule has 0 aromatic heterocycles. The number of rotatable bonds is 7. The van der Waals surface area contributed by atoms with Crippen LogP contribution in [0.5, 0.6) is 5.75 Å². The second-order valence-electron chi connectivity index (χ2n) is 4.73. The average Bonchev–Trinajstić information content (AvgIpc) is 2.61. The van der Waals surface area contributed by atoms with Crippen LogP contribution >= 0.6 is 0 Å². The predicted molar refractivity (Wildman–Crippen MR) is 90.5 cm³/mol. The zero-order valence-corrected chi connectivity index (χ0v) is 12.8. The van der Waals surface area contributed by atoms with Crippen molar-refractivity contribution in [3.05, 3.63) is 78.1 Å². The Balaban J connectivity index is 2.03. The number of benzene rings is 2. The molecule has 0 fully saturated rings. The van der Waals surface area contributed by atoms with Gasteiger partial charge in [0.2, 0.25) is 0 Å². The first-order valence-corrected chi connectivity index (χ1v) is 7.35. The normalized spacial score (nSPS) is 9.39. The van der Waals surface area contributed by atoms with Crippen molar-refractivity contribution in [2.45, 2.75) is 6.42 Å². The van der Waals surface area contributed by atoms with E-state index in [4.69, 9.17) is 9.47 Å². The van der Waals surface area contributed by atoms with Crippen LogP contribution < -0.4 is 4.74 Å². The highest BCUT2D eigenvalue weighted by Crippen LogP contribution is 2.18. The summed E-state index contributed by atoms with van der Waals surface area (Å²) in [6.07, 6.45) is 2.90. The molecule has 3 nitrogen and oxygen atoms in total. The van der Waals surface area contributed by atoms with Gasteiger partial charge in [0.15, 0.2) is 6.29 Å². The van der Waals surface area contributed by atoms with Crippen molar-refractivity contribution in [2.75, 3.05) is 13.2 Å². The first kappa shape index (κ1) is 16.4. The standard InChI is InChI=1S/C20H18O3/c1-2-22-13-6-14-23-20-12-11-18(15-19(20)16-21)10-9-17-7-4-3-5-8-17/h2-5,7-8,11-12,15-16H,1,6,13-14H2. The van der Waals surface area contributed by atoms with E-state index in [9.17, 15) is 4.79 Å². The maximum Gasteiger partial charge on any atom is 0.153 e. The molecule has 0 saturated carbocycles. The largest absolute Gasteiger partial charge is 0.502 e. The van der Waals surface area contributed by atoms with Crippen LogP contribution in [0.1, 0.15) is 27.9 Å². The van der Waals surface area contributed by atoms with Gasteiger partial charge < -0.3 is 9.47 Å². The van der Waals surface area contributed by atoms with Crippen LogP contribution in [0, 0.1) is 11.8 Å². The third kappa shape index (κ3) is 5.37. The lowest BCUT2D eigenvalue weighted by molar-refractivity contribution is 0.111. The lowest BCUT2D eigenvalue weighted by atomic mass is 10.1. The van der Waals surface area contributed by atoms with Gasteiger partial charge in [-0.2, -0.15) is 0 Å². The van der Waals surface area contributed by atoms with Gasteiger partial charge in [-0.25, -0.2) is 0 Å². The zero-order valence-electron chi connectivity index (χ0n) is 12.8. The molecule has 0 heterocycles. The monoisotopic (exact) mass is 306 g/mol. The first-order chi connectivity index (χ1) is 11.3. The fraction of sp³-hybridized carbons (Fsp3) is 0.150. The molecule has 2 aromatic rings. The summed E-state index contributed by atoms with van der Waals surface area (Å²) < 4.78 is 10.6. The van der Waals surface area contributed by atoms with Crippen LogP contribution in [0.2, 0.25) is 0 Å². The van der Waals surface area contributed by atoms with Gasteiger partial charge in [0.05, 0.1) is 25.0 Å². The van der Waals surface area contributed by atoms with Gasteiger partial charge in [0.25, 0.3) is 0 Å². The lowest BCUT2D eigenvalue weighted by Crippen LogP contribution is -2.03. The molecule has 0 saturated heterocycles. The summed E-state index contributed by atoms with van der Waals surface area (Å²) in [5.41, 5.74) is 2.20. The minimum Gasteiger partial charge on any atom is -0.502 e. The van der Waals surface area contributed by atoms with Gasteiger partial charge in [0, 0.05) is 17.5 Å². The molecule has 0 bridgehead atoms. The molecule has 0 aliphatic heterocycles. The fourth-order valence-electron chi connectivity index (χ4n) is 1.92. The van der Waals surface area contributed by atoms with Crippen molar-refractivity contribution >= 4 is 6.29 Å². The second-order valence-corrected chi connectivity index (χ2v) is 4.73. The Labute approximate surface area is 136 Å². The number of ether oxygens (including phenoxy) is 2. The van der Waals surface area contributed by atoms with Crippen LogP contribution in [0.15, 0.2) is 61.4 Å². The Morgan fingerprint density at radius 2 is 1.78 bits per heavy atom. The summed E-state index contributed by atoms with van der Waals surface area (Å²) in [6, 6.07) is 15.1. The Bertz CT molecular complexity index is 709. The number of carbonyl (C=O) groups excluding carboxylic acids is 1. The molecule has 2 rings (SSSR count). The van der Waals surface area contributed by atoms with E-state index in [2.05, 4.69) is 18.4 Å². The van der Waals surface area contributed by atoms with E-state index < -0.39 is 0 Å². The van der Waals surface area contributed by atoms with Crippen molar-refractivity contribution in [2.24, 2.45) is 0 Å². The third-order valence-electron chi connectivity index (χ3n) is 3.04. The van der Waals surface area contributed by atoms with Gasteiger partial charge in [-0.1, -0.05) is 36.6 Å². The van der Waals surface area contributed by atoms with Crippen LogP contribution in [0.3, 0.4) is 0 Å². The van der Waals surface area contributed by atoms with Crippen LogP contribution in [-0.2, 0) is 4.74 Å². The fourth-order valence-corrected chi connectivity index (χ4v) is 1.92. The Kier molecular flexibility index (Phi) is 6.49. The Morgan fingerprint density at radius 3 is 2.52 bits per heavy atom. The molecule has 0 N–H and O–H groups in total. The van der Waals surface area contributed by atoms with Crippen molar-refractivity contribution in [3.63, 3.8) is 0 Å². The topological polar surface area (TPSA) is 35.5 Å². The van der Waals surface area contributed by atoms with E-state index in [1.54, 1.807) is 12.1 Å². The summed E-state index contributed by atoms with van der Waals surface area (Å²) in [5, 5.41) is 0. The summed E-state index contributed by atoms with van der Waals surface area (Å²) in [4.78, 5) is 11.2. The highest BCUT2D eigenvalue weighted by molar-refractivity contribution is 5.80. The molecule has 3 heteroatoms. The molecule has 0 aliphatic carbocycles. The van der Waals surface area contributed by atoms with Gasteiger partial charge in [-0.15, -0.1) is 0 Å². The zero-order chi connectivity index (χ0) is 16.3. The minimum atomic E-state index is 0.476. The number of aldehydes is 1. The Morgan fingerprint density at radius 1 is 1.00 bits per heavy atom. The Hall–Kier alpha value is -2.99. The summed E-state index contributed by atoms with van der Waals surface area (Å²) in [6.45, 7) is 4.49. The van der Waals surface area contributed by atoms with E-state index in [0.29, 0.717) is 24.5 Å². The molecule has 23 heavy (non-hydrogen) atoms. The van der Waals surface area contributed by atoms with E-state index in [1.165, 1.54) is 6.26 Å². The molecule has 0 unspecified atom stereocenters. The third-order valence-corrected chi connectivity index (χ3v) is 3.04. The maximum absolute atomic E-state index is 11.2. The molecule has 2 aromatic carbocycles. The van der Waals surface area contributed by atoms with Crippen molar-refractivity contribution < 1.29 is 14.3 Å². The maximum atomic E-state index is 11.2. The van der Waals surface area contributed by atoms with E-state index in [1.807, 2.05) is 36.4 Å². The second kappa shape index (κ2) is 9.11. The summed E-state index contributed by atoms with van der Waals surface area (Å²) in [5.74, 6) is 6.68. The quantitative estimate of drug-likeness (QED) is 0.337. The van der Waals surface area contributed by atoms with Crippen molar-refractivity contribution in [1.82, 2.24) is 0 Å². The number of hydrogen-bond donors (Lipinski definition) is 0. The first-order valence-electron chi connectivity index (χ1n) is 7.35. The van der Waals surface area contributed by atoms with Gasteiger partial charge in [-0.05, 0) is 30.3 Å². The highest BCUT2D eigenvalue weighted by Gasteiger charge is 2.03. The van der Waals surface area contributed by atoms with Gasteiger partial charge >= 0.3 is 0 Å². The summed E-state index contributed by atoms with van der Waals surface area (Å²) >= 11 is 0. The molecule has 0 atom stereocenters. The molecule has 0 aliphatic rings. The predicted octanol–water partition coefficient (Wildman–Crippen LogP) is 3.83. The van der Waals surface area contributed by atoms with Crippen LogP contribution in [-0.4, -0.2) is 19.5 Å². The van der Waals surface area contributed by atoms with E-state index in [0.717, 1.165) is 23.8 Å².